The Morgan fingerprint density at radius 3 is 2.71 bits per heavy atom. The van der Waals surface area contributed by atoms with Crippen molar-refractivity contribution in [1.82, 2.24) is 14.2 Å². The van der Waals surface area contributed by atoms with E-state index in [1.807, 2.05) is 17.0 Å². The van der Waals surface area contributed by atoms with Crippen LogP contribution in [0.15, 0.2) is 24.5 Å². The van der Waals surface area contributed by atoms with Gasteiger partial charge in [-0.15, -0.1) is 0 Å². The average molecular weight is 353 g/mol. The van der Waals surface area contributed by atoms with Crippen molar-refractivity contribution in [1.29, 1.82) is 0 Å². The van der Waals surface area contributed by atoms with E-state index < -0.39 is 15.6 Å². The van der Waals surface area contributed by atoms with Crippen LogP contribution in [0.1, 0.15) is 18.4 Å². The van der Waals surface area contributed by atoms with E-state index in [-0.39, 0.29) is 5.91 Å². The number of hydrogen-bond acceptors (Lipinski definition) is 5. The van der Waals surface area contributed by atoms with Crippen molar-refractivity contribution < 1.29 is 17.9 Å². The SMILES string of the molecule is CS(=O)(=O)N1CCOC2(CCN(C(=O)Cc3cccnc3)CC2)C1. The van der Waals surface area contributed by atoms with E-state index in [4.69, 9.17) is 4.74 Å². The molecule has 0 saturated carbocycles. The third-order valence-corrected chi connectivity index (χ3v) is 6.04. The topological polar surface area (TPSA) is 79.8 Å². The number of carbonyl (C=O) groups is 1. The quantitative estimate of drug-likeness (QED) is 0.780. The standard InChI is InChI=1S/C16H23N3O4S/c1-24(21,22)19-9-10-23-16(13-19)4-7-18(8-5-16)15(20)11-14-3-2-6-17-12-14/h2-3,6,12H,4-5,7-11,13H2,1H3. The van der Waals surface area contributed by atoms with Crippen molar-refractivity contribution in [2.75, 3.05) is 39.0 Å². The second-order valence-corrected chi connectivity index (χ2v) is 8.53. The fourth-order valence-corrected chi connectivity index (χ4v) is 4.22. The number of carbonyl (C=O) groups excluding carboxylic acids is 1. The first-order valence-electron chi connectivity index (χ1n) is 8.14. The molecule has 2 aliphatic heterocycles. The van der Waals surface area contributed by atoms with Gasteiger partial charge in [-0.2, -0.15) is 4.31 Å². The lowest BCUT2D eigenvalue weighted by molar-refractivity contribution is -0.144. The molecule has 0 bridgehead atoms. The van der Waals surface area contributed by atoms with E-state index >= 15 is 0 Å². The first kappa shape index (κ1) is 17.3. The van der Waals surface area contributed by atoms with Gasteiger partial charge in [-0.1, -0.05) is 6.07 Å². The number of nitrogens with zero attached hydrogens (tertiary/aromatic N) is 3. The van der Waals surface area contributed by atoms with Crippen LogP contribution in [0, 0.1) is 0 Å². The van der Waals surface area contributed by atoms with Crippen LogP contribution in [0.25, 0.3) is 0 Å². The van der Waals surface area contributed by atoms with Gasteiger partial charge in [0, 0.05) is 38.6 Å². The number of piperidine rings is 1. The third-order valence-electron chi connectivity index (χ3n) is 4.79. The molecule has 0 unspecified atom stereocenters. The Morgan fingerprint density at radius 2 is 2.08 bits per heavy atom. The number of rotatable bonds is 3. The zero-order valence-electron chi connectivity index (χ0n) is 13.8. The summed E-state index contributed by atoms with van der Waals surface area (Å²) in [5.74, 6) is 0.0774. The Balaban J connectivity index is 1.58. The Labute approximate surface area is 142 Å². The molecule has 3 rings (SSSR count). The molecule has 2 fully saturated rings. The van der Waals surface area contributed by atoms with Gasteiger partial charge in [0.1, 0.15) is 0 Å². The van der Waals surface area contributed by atoms with Gasteiger partial charge in [-0.05, 0) is 24.5 Å². The number of likely N-dealkylation sites (tertiary alicyclic amines) is 1. The van der Waals surface area contributed by atoms with E-state index in [1.165, 1.54) is 10.6 Å². The van der Waals surface area contributed by atoms with E-state index in [0.29, 0.717) is 52.0 Å². The van der Waals surface area contributed by atoms with Crippen LogP contribution in [0.3, 0.4) is 0 Å². The number of sulfonamides is 1. The van der Waals surface area contributed by atoms with Crippen LogP contribution in [-0.2, 0) is 26.0 Å². The molecule has 132 valence electrons. The Morgan fingerprint density at radius 1 is 1.33 bits per heavy atom. The summed E-state index contributed by atoms with van der Waals surface area (Å²) in [6.07, 6.45) is 6.30. The van der Waals surface area contributed by atoms with Crippen LogP contribution in [0.2, 0.25) is 0 Å². The molecule has 0 N–H and O–H groups in total. The minimum atomic E-state index is -3.21. The van der Waals surface area contributed by atoms with Crippen molar-refractivity contribution in [3.05, 3.63) is 30.1 Å². The van der Waals surface area contributed by atoms with Gasteiger partial charge in [-0.25, -0.2) is 8.42 Å². The number of aromatic nitrogens is 1. The van der Waals surface area contributed by atoms with Gasteiger partial charge < -0.3 is 9.64 Å². The normalized spacial score (nSPS) is 21.8. The molecule has 0 aliphatic carbocycles. The number of ether oxygens (including phenoxy) is 1. The second-order valence-electron chi connectivity index (χ2n) is 6.55. The maximum absolute atomic E-state index is 12.4. The van der Waals surface area contributed by atoms with Gasteiger partial charge >= 0.3 is 0 Å². The lowest BCUT2D eigenvalue weighted by atomic mass is 9.90. The van der Waals surface area contributed by atoms with Crippen LogP contribution in [0.4, 0.5) is 0 Å². The number of hydrogen-bond donors (Lipinski definition) is 0. The molecule has 7 nitrogen and oxygen atoms in total. The molecule has 0 aromatic carbocycles. The van der Waals surface area contributed by atoms with Gasteiger partial charge in [0.2, 0.25) is 15.9 Å². The predicted octanol–water partition coefficient (Wildman–Crippen LogP) is 0.277. The molecule has 1 spiro atoms. The summed E-state index contributed by atoms with van der Waals surface area (Å²) in [7, 11) is -3.21. The molecule has 2 saturated heterocycles. The van der Waals surface area contributed by atoms with E-state index in [1.54, 1.807) is 12.4 Å². The molecule has 0 atom stereocenters. The Hall–Kier alpha value is -1.51. The maximum Gasteiger partial charge on any atom is 0.227 e. The smallest absolute Gasteiger partial charge is 0.227 e. The average Bonchev–Trinajstić information content (AvgIpc) is 2.56. The molecule has 2 aliphatic rings. The molecular formula is C16H23N3O4S. The summed E-state index contributed by atoms with van der Waals surface area (Å²) < 4.78 is 31.0. The highest BCUT2D eigenvalue weighted by molar-refractivity contribution is 7.88. The van der Waals surface area contributed by atoms with Gasteiger partial charge in [0.05, 0.1) is 24.9 Å². The monoisotopic (exact) mass is 353 g/mol. The highest BCUT2D eigenvalue weighted by Gasteiger charge is 2.42. The minimum absolute atomic E-state index is 0.0774. The summed E-state index contributed by atoms with van der Waals surface area (Å²) in [6.45, 7) is 2.39. The van der Waals surface area contributed by atoms with Crippen LogP contribution < -0.4 is 0 Å². The highest BCUT2D eigenvalue weighted by Crippen LogP contribution is 2.31. The van der Waals surface area contributed by atoms with E-state index in [2.05, 4.69) is 4.98 Å². The summed E-state index contributed by atoms with van der Waals surface area (Å²) in [4.78, 5) is 18.3. The van der Waals surface area contributed by atoms with Gasteiger partial charge in [0.15, 0.2) is 0 Å². The molecule has 1 amide bonds. The van der Waals surface area contributed by atoms with Gasteiger partial charge in [-0.3, -0.25) is 9.78 Å². The van der Waals surface area contributed by atoms with Crippen molar-refractivity contribution in [3.8, 4) is 0 Å². The minimum Gasteiger partial charge on any atom is -0.372 e. The summed E-state index contributed by atoms with van der Waals surface area (Å²) >= 11 is 0. The molecule has 1 aromatic heterocycles. The fourth-order valence-electron chi connectivity index (χ4n) is 3.35. The third kappa shape index (κ3) is 3.93. The molecule has 24 heavy (non-hydrogen) atoms. The summed E-state index contributed by atoms with van der Waals surface area (Å²) in [5.41, 5.74) is 0.451. The van der Waals surface area contributed by atoms with Crippen molar-refractivity contribution in [2.24, 2.45) is 0 Å². The van der Waals surface area contributed by atoms with Gasteiger partial charge in [0.25, 0.3) is 0 Å². The Bertz CT molecular complexity index is 685. The molecule has 8 heteroatoms. The van der Waals surface area contributed by atoms with Crippen LogP contribution >= 0.6 is 0 Å². The highest BCUT2D eigenvalue weighted by atomic mass is 32.2. The summed E-state index contributed by atoms with van der Waals surface area (Å²) in [6, 6.07) is 3.72. The largest absolute Gasteiger partial charge is 0.372 e. The van der Waals surface area contributed by atoms with Crippen molar-refractivity contribution >= 4 is 15.9 Å². The number of morpholine rings is 1. The molecular weight excluding hydrogens is 330 g/mol. The zero-order chi connectivity index (χ0) is 17.2. The Kier molecular flexibility index (Phi) is 4.89. The first-order valence-corrected chi connectivity index (χ1v) is 9.99. The van der Waals surface area contributed by atoms with Crippen LogP contribution in [-0.4, -0.2) is 73.2 Å². The molecule has 0 radical (unpaired) electrons. The maximum atomic E-state index is 12.4. The number of pyridine rings is 1. The summed E-state index contributed by atoms with van der Waals surface area (Å²) in [5, 5.41) is 0. The molecule has 1 aromatic rings. The first-order chi connectivity index (χ1) is 11.4. The zero-order valence-corrected chi connectivity index (χ0v) is 14.7. The van der Waals surface area contributed by atoms with Crippen molar-refractivity contribution in [2.45, 2.75) is 24.9 Å². The lowest BCUT2D eigenvalue weighted by Crippen LogP contribution is -2.58. The molecule has 3 heterocycles. The van der Waals surface area contributed by atoms with E-state index in [0.717, 1.165) is 5.56 Å². The second kappa shape index (κ2) is 6.78. The predicted molar refractivity (Wildman–Crippen MR) is 88.9 cm³/mol. The fraction of sp³-hybridized carbons (Fsp3) is 0.625. The van der Waals surface area contributed by atoms with Crippen molar-refractivity contribution in [3.63, 3.8) is 0 Å². The number of amides is 1. The lowest BCUT2D eigenvalue weighted by Gasteiger charge is -2.46. The van der Waals surface area contributed by atoms with Crippen LogP contribution in [0.5, 0.6) is 0 Å². The van der Waals surface area contributed by atoms with E-state index in [9.17, 15) is 13.2 Å².